The maximum Gasteiger partial charge on any atom is 0.370 e. The van der Waals surface area contributed by atoms with Crippen LogP contribution < -0.4 is 4.74 Å². The first kappa shape index (κ1) is 15.8. The van der Waals surface area contributed by atoms with Crippen LogP contribution in [0, 0.1) is 0 Å². The SMILES string of the molecule is O=C(COc1cccc2ccccc12)ON1C(=O)c2ccccc2C1=O. The van der Waals surface area contributed by atoms with Crippen molar-refractivity contribution < 1.29 is 24.0 Å². The molecule has 0 aromatic heterocycles. The Morgan fingerprint density at radius 3 is 2.15 bits per heavy atom. The fourth-order valence-corrected chi connectivity index (χ4v) is 2.84. The summed E-state index contributed by atoms with van der Waals surface area (Å²) in [5, 5.41) is 2.29. The minimum Gasteiger partial charge on any atom is -0.481 e. The molecule has 26 heavy (non-hydrogen) atoms. The van der Waals surface area contributed by atoms with Gasteiger partial charge in [-0.05, 0) is 23.6 Å². The molecule has 6 heteroatoms. The number of hydrogen-bond donors (Lipinski definition) is 0. The Hall–Kier alpha value is -3.67. The highest BCUT2D eigenvalue weighted by Gasteiger charge is 2.38. The lowest BCUT2D eigenvalue weighted by Gasteiger charge is -2.13. The molecular weight excluding hydrogens is 334 g/mol. The summed E-state index contributed by atoms with van der Waals surface area (Å²) in [4.78, 5) is 41.3. The van der Waals surface area contributed by atoms with Crippen molar-refractivity contribution in [3.63, 3.8) is 0 Å². The third-order valence-electron chi connectivity index (χ3n) is 4.05. The molecule has 0 aliphatic carbocycles. The van der Waals surface area contributed by atoms with E-state index < -0.39 is 24.4 Å². The first-order valence-electron chi connectivity index (χ1n) is 7.94. The number of fused-ring (bicyclic) bond motifs is 2. The Morgan fingerprint density at radius 2 is 1.42 bits per heavy atom. The molecule has 0 fully saturated rings. The van der Waals surface area contributed by atoms with Crippen LogP contribution in [0.2, 0.25) is 0 Å². The quantitative estimate of drug-likeness (QED) is 0.679. The van der Waals surface area contributed by atoms with Crippen molar-refractivity contribution in [2.75, 3.05) is 6.61 Å². The number of rotatable bonds is 4. The van der Waals surface area contributed by atoms with Crippen molar-refractivity contribution in [2.24, 2.45) is 0 Å². The predicted molar refractivity (Wildman–Crippen MR) is 92.5 cm³/mol. The number of carbonyl (C=O) groups is 3. The van der Waals surface area contributed by atoms with Crippen LogP contribution >= 0.6 is 0 Å². The number of amides is 2. The van der Waals surface area contributed by atoms with Crippen molar-refractivity contribution in [1.29, 1.82) is 0 Å². The Labute approximate surface area is 148 Å². The highest BCUT2D eigenvalue weighted by molar-refractivity contribution is 6.20. The Kier molecular flexibility index (Phi) is 3.85. The highest BCUT2D eigenvalue weighted by Crippen LogP contribution is 2.26. The van der Waals surface area contributed by atoms with Crippen LogP contribution in [0.25, 0.3) is 10.8 Å². The predicted octanol–water partition coefficient (Wildman–Crippen LogP) is 2.97. The maximum atomic E-state index is 12.2. The lowest BCUT2D eigenvalue weighted by atomic mass is 10.1. The van der Waals surface area contributed by atoms with E-state index in [-0.39, 0.29) is 11.1 Å². The molecule has 2 amide bonds. The minimum absolute atomic E-state index is 0.209. The second kappa shape index (κ2) is 6.33. The zero-order valence-corrected chi connectivity index (χ0v) is 13.5. The van der Waals surface area contributed by atoms with Gasteiger partial charge in [-0.3, -0.25) is 9.59 Å². The zero-order valence-electron chi connectivity index (χ0n) is 13.5. The third-order valence-corrected chi connectivity index (χ3v) is 4.05. The van der Waals surface area contributed by atoms with Crippen LogP contribution in [0.3, 0.4) is 0 Å². The molecule has 0 spiro atoms. The summed E-state index contributed by atoms with van der Waals surface area (Å²) in [6.07, 6.45) is 0. The van der Waals surface area contributed by atoms with E-state index in [0.717, 1.165) is 10.8 Å². The summed E-state index contributed by atoms with van der Waals surface area (Å²) in [5.74, 6) is -1.65. The molecule has 0 radical (unpaired) electrons. The van der Waals surface area contributed by atoms with Gasteiger partial charge in [0.2, 0.25) is 0 Å². The van der Waals surface area contributed by atoms with Gasteiger partial charge in [-0.2, -0.15) is 0 Å². The number of carbonyl (C=O) groups excluding carboxylic acids is 3. The van der Waals surface area contributed by atoms with E-state index >= 15 is 0 Å². The molecule has 0 saturated heterocycles. The molecular formula is C20H13NO5. The van der Waals surface area contributed by atoms with Crippen molar-refractivity contribution in [3.05, 3.63) is 77.9 Å². The Bertz CT molecular complexity index is 1000. The van der Waals surface area contributed by atoms with Crippen LogP contribution in [0.15, 0.2) is 66.7 Å². The maximum absolute atomic E-state index is 12.2. The third kappa shape index (κ3) is 2.67. The fraction of sp³-hybridized carbons (Fsp3) is 0.0500. The van der Waals surface area contributed by atoms with Gasteiger partial charge in [0, 0.05) is 5.39 Å². The molecule has 3 aromatic carbocycles. The van der Waals surface area contributed by atoms with E-state index in [1.54, 1.807) is 18.2 Å². The van der Waals surface area contributed by atoms with E-state index in [9.17, 15) is 14.4 Å². The first-order valence-corrected chi connectivity index (χ1v) is 7.94. The number of nitrogens with zero attached hydrogens (tertiary/aromatic N) is 1. The van der Waals surface area contributed by atoms with E-state index in [1.807, 2.05) is 36.4 Å². The molecule has 6 nitrogen and oxygen atoms in total. The van der Waals surface area contributed by atoms with Gasteiger partial charge >= 0.3 is 5.97 Å². The van der Waals surface area contributed by atoms with Crippen molar-refractivity contribution >= 4 is 28.6 Å². The lowest BCUT2D eigenvalue weighted by molar-refractivity contribution is -0.170. The molecule has 0 saturated carbocycles. The van der Waals surface area contributed by atoms with Gasteiger partial charge in [-0.15, -0.1) is 0 Å². The van der Waals surface area contributed by atoms with E-state index in [0.29, 0.717) is 10.8 Å². The highest BCUT2D eigenvalue weighted by atomic mass is 16.7. The van der Waals surface area contributed by atoms with Gasteiger partial charge in [0.05, 0.1) is 11.1 Å². The largest absolute Gasteiger partial charge is 0.481 e. The van der Waals surface area contributed by atoms with Gasteiger partial charge in [0.15, 0.2) is 6.61 Å². The summed E-state index contributed by atoms with van der Waals surface area (Å²) < 4.78 is 5.52. The first-order chi connectivity index (χ1) is 12.6. The summed E-state index contributed by atoms with van der Waals surface area (Å²) in [5.41, 5.74) is 0.417. The fourth-order valence-electron chi connectivity index (χ4n) is 2.84. The van der Waals surface area contributed by atoms with Gasteiger partial charge in [0.25, 0.3) is 11.8 Å². The number of ether oxygens (including phenoxy) is 1. The smallest absolute Gasteiger partial charge is 0.370 e. The number of imide groups is 1. The average Bonchev–Trinajstić information content (AvgIpc) is 2.91. The van der Waals surface area contributed by atoms with Gasteiger partial charge in [-0.25, -0.2) is 4.79 Å². The molecule has 1 aliphatic rings. The molecule has 3 aromatic rings. The Balaban J connectivity index is 1.45. The summed E-state index contributed by atoms with van der Waals surface area (Å²) in [6.45, 7) is -0.429. The van der Waals surface area contributed by atoms with E-state index in [4.69, 9.17) is 9.57 Å². The molecule has 1 aliphatic heterocycles. The summed E-state index contributed by atoms with van der Waals surface area (Å²) >= 11 is 0. The molecule has 1 heterocycles. The normalized spacial score (nSPS) is 13.0. The van der Waals surface area contributed by atoms with Crippen molar-refractivity contribution in [2.45, 2.75) is 0 Å². The molecule has 4 rings (SSSR count). The van der Waals surface area contributed by atoms with Crippen LogP contribution in [-0.2, 0) is 9.63 Å². The summed E-state index contributed by atoms with van der Waals surface area (Å²) in [6, 6.07) is 19.3. The number of benzene rings is 3. The van der Waals surface area contributed by atoms with Gasteiger partial charge in [0.1, 0.15) is 5.75 Å². The zero-order chi connectivity index (χ0) is 18.1. The molecule has 0 bridgehead atoms. The number of hydroxylamine groups is 2. The van der Waals surface area contributed by atoms with Crippen molar-refractivity contribution in [1.82, 2.24) is 5.06 Å². The lowest BCUT2D eigenvalue weighted by Crippen LogP contribution is -2.34. The van der Waals surface area contributed by atoms with Crippen LogP contribution in [-0.4, -0.2) is 29.5 Å². The van der Waals surface area contributed by atoms with Crippen LogP contribution in [0.1, 0.15) is 20.7 Å². The van der Waals surface area contributed by atoms with Crippen molar-refractivity contribution in [3.8, 4) is 5.75 Å². The van der Waals surface area contributed by atoms with E-state index in [1.165, 1.54) is 12.1 Å². The van der Waals surface area contributed by atoms with Gasteiger partial charge < -0.3 is 9.57 Å². The van der Waals surface area contributed by atoms with E-state index in [2.05, 4.69) is 0 Å². The second-order valence-electron chi connectivity index (χ2n) is 5.68. The molecule has 0 atom stereocenters. The Morgan fingerprint density at radius 1 is 0.808 bits per heavy atom. The second-order valence-corrected chi connectivity index (χ2v) is 5.68. The summed E-state index contributed by atoms with van der Waals surface area (Å²) in [7, 11) is 0. The average molecular weight is 347 g/mol. The molecule has 0 N–H and O–H groups in total. The van der Waals surface area contributed by atoms with Crippen LogP contribution in [0.4, 0.5) is 0 Å². The monoisotopic (exact) mass is 347 g/mol. The van der Waals surface area contributed by atoms with Gasteiger partial charge in [-0.1, -0.05) is 53.6 Å². The minimum atomic E-state index is -0.840. The topological polar surface area (TPSA) is 72.9 Å². The standard InChI is InChI=1S/C20H13NO5/c22-18(12-25-17-11-5-7-13-6-1-2-8-14(13)17)26-21-19(23)15-9-3-4-10-16(15)20(21)24/h1-11H,12H2. The van der Waals surface area contributed by atoms with Crippen LogP contribution in [0.5, 0.6) is 5.75 Å². The molecule has 0 unspecified atom stereocenters. The number of hydrogen-bond acceptors (Lipinski definition) is 5. The molecule has 128 valence electrons.